The molecule has 0 aliphatic heterocycles. The maximum absolute atomic E-state index is 11.2. The van der Waals surface area contributed by atoms with E-state index in [4.69, 9.17) is 10.5 Å². The van der Waals surface area contributed by atoms with E-state index in [2.05, 4.69) is 0 Å². The minimum absolute atomic E-state index is 0. The lowest BCUT2D eigenvalue weighted by atomic mass is 9.93. The fourth-order valence-electron chi connectivity index (χ4n) is 2.13. The quantitative estimate of drug-likeness (QED) is 0.736. The lowest BCUT2D eigenvalue weighted by molar-refractivity contribution is -0.144. The van der Waals surface area contributed by atoms with Gasteiger partial charge in [0.1, 0.15) is 0 Å². The van der Waals surface area contributed by atoms with E-state index in [1.807, 2.05) is 6.92 Å². The molecule has 0 amide bonds. The van der Waals surface area contributed by atoms with Crippen molar-refractivity contribution in [3.8, 4) is 0 Å². The Hall–Kier alpha value is -0.280. The van der Waals surface area contributed by atoms with E-state index >= 15 is 0 Å². The van der Waals surface area contributed by atoms with Crippen molar-refractivity contribution >= 4 is 18.4 Å². The lowest BCUT2D eigenvalue weighted by Crippen LogP contribution is -2.21. The van der Waals surface area contributed by atoms with Crippen LogP contribution in [0.2, 0.25) is 0 Å². The van der Waals surface area contributed by atoms with Gasteiger partial charge in [-0.3, -0.25) is 4.79 Å². The fourth-order valence-corrected chi connectivity index (χ4v) is 2.13. The zero-order chi connectivity index (χ0) is 9.68. The Kier molecular flexibility index (Phi) is 6.93. The van der Waals surface area contributed by atoms with Crippen molar-refractivity contribution < 1.29 is 9.53 Å². The Morgan fingerprint density at radius 1 is 1.43 bits per heavy atom. The van der Waals surface area contributed by atoms with Crippen LogP contribution in [-0.2, 0) is 9.53 Å². The summed E-state index contributed by atoms with van der Waals surface area (Å²) in [6.45, 7) is 3.04. The van der Waals surface area contributed by atoms with Crippen molar-refractivity contribution in [1.29, 1.82) is 0 Å². The van der Waals surface area contributed by atoms with Gasteiger partial charge in [0.05, 0.1) is 6.61 Å². The van der Waals surface area contributed by atoms with Crippen LogP contribution in [0.4, 0.5) is 0 Å². The molecule has 3 nitrogen and oxygen atoms in total. The molecular formula is C10H20ClNO2. The number of carbonyl (C=O) groups is 1. The van der Waals surface area contributed by atoms with Crippen molar-refractivity contribution in [2.45, 2.75) is 32.6 Å². The minimum Gasteiger partial charge on any atom is -0.466 e. The topological polar surface area (TPSA) is 52.3 Å². The zero-order valence-electron chi connectivity index (χ0n) is 8.70. The van der Waals surface area contributed by atoms with Crippen LogP contribution >= 0.6 is 12.4 Å². The van der Waals surface area contributed by atoms with Crippen LogP contribution in [0.15, 0.2) is 0 Å². The summed E-state index contributed by atoms with van der Waals surface area (Å²) >= 11 is 0. The molecule has 1 fully saturated rings. The smallest absolute Gasteiger partial charge is 0.306 e. The summed E-state index contributed by atoms with van der Waals surface area (Å²) < 4.78 is 4.92. The van der Waals surface area contributed by atoms with Crippen molar-refractivity contribution in [1.82, 2.24) is 0 Å². The molecule has 1 saturated carbocycles. The molecule has 0 aromatic carbocycles. The Morgan fingerprint density at radius 3 is 2.64 bits per heavy atom. The molecule has 0 radical (unpaired) electrons. The minimum atomic E-state index is -0.0622. The molecule has 0 spiro atoms. The van der Waals surface area contributed by atoms with Gasteiger partial charge in [-0.05, 0) is 38.1 Å². The Bertz CT molecular complexity index is 176. The van der Waals surface area contributed by atoms with Crippen LogP contribution in [0, 0.1) is 11.8 Å². The van der Waals surface area contributed by atoms with Crippen LogP contribution in [0.1, 0.15) is 32.6 Å². The molecule has 1 aliphatic rings. The van der Waals surface area contributed by atoms with Gasteiger partial charge in [0, 0.05) is 6.42 Å². The van der Waals surface area contributed by atoms with Crippen LogP contribution < -0.4 is 5.73 Å². The van der Waals surface area contributed by atoms with Gasteiger partial charge in [0.25, 0.3) is 0 Å². The van der Waals surface area contributed by atoms with Crippen LogP contribution in [0.3, 0.4) is 0 Å². The number of nitrogens with two attached hydrogens (primary N) is 1. The molecule has 0 aromatic rings. The highest BCUT2D eigenvalue weighted by atomic mass is 35.5. The van der Waals surface area contributed by atoms with Crippen LogP contribution in [0.25, 0.3) is 0 Å². The lowest BCUT2D eigenvalue weighted by Gasteiger charge is -2.16. The van der Waals surface area contributed by atoms with E-state index in [9.17, 15) is 4.79 Å². The number of hydrogen-bond acceptors (Lipinski definition) is 3. The molecule has 84 valence electrons. The molecule has 1 aliphatic carbocycles. The highest BCUT2D eigenvalue weighted by Crippen LogP contribution is 2.33. The van der Waals surface area contributed by atoms with Crippen molar-refractivity contribution in [2.75, 3.05) is 13.2 Å². The summed E-state index contributed by atoms with van der Waals surface area (Å²) in [7, 11) is 0. The first-order valence-corrected chi connectivity index (χ1v) is 5.13. The number of esters is 1. The predicted octanol–water partition coefficient (Wildman–Crippen LogP) is 1.74. The molecular weight excluding hydrogens is 202 g/mol. The number of halogens is 1. The van der Waals surface area contributed by atoms with Gasteiger partial charge < -0.3 is 10.5 Å². The fraction of sp³-hybridized carbons (Fsp3) is 0.900. The van der Waals surface area contributed by atoms with E-state index < -0.39 is 0 Å². The van der Waals surface area contributed by atoms with E-state index in [1.54, 1.807) is 0 Å². The number of rotatable bonds is 4. The maximum atomic E-state index is 11.2. The van der Waals surface area contributed by atoms with Gasteiger partial charge in [-0.15, -0.1) is 12.4 Å². The summed E-state index contributed by atoms with van der Waals surface area (Å²) in [6, 6.07) is 0. The highest BCUT2D eigenvalue weighted by Gasteiger charge is 2.28. The summed E-state index contributed by atoms with van der Waals surface area (Å²) in [4.78, 5) is 11.2. The van der Waals surface area contributed by atoms with Crippen molar-refractivity contribution in [2.24, 2.45) is 17.6 Å². The molecule has 4 heteroatoms. The van der Waals surface area contributed by atoms with Gasteiger partial charge in [-0.1, -0.05) is 6.42 Å². The normalized spacial score (nSPS) is 25.6. The number of hydrogen-bond donors (Lipinski definition) is 1. The Morgan fingerprint density at radius 2 is 2.07 bits per heavy atom. The maximum Gasteiger partial charge on any atom is 0.306 e. The predicted molar refractivity (Wildman–Crippen MR) is 58.4 cm³/mol. The van der Waals surface area contributed by atoms with Crippen LogP contribution in [-0.4, -0.2) is 19.1 Å². The first-order chi connectivity index (χ1) is 6.27. The third-order valence-electron chi connectivity index (χ3n) is 2.85. The Balaban J connectivity index is 0.00000169. The average Bonchev–Trinajstić information content (AvgIpc) is 2.52. The SMILES string of the molecule is CCOC(=O)CC1CCCC1CN.Cl. The molecule has 0 bridgehead atoms. The largest absolute Gasteiger partial charge is 0.466 e. The molecule has 14 heavy (non-hydrogen) atoms. The van der Waals surface area contributed by atoms with Gasteiger partial charge in [-0.2, -0.15) is 0 Å². The number of ether oxygens (including phenoxy) is 1. The second-order valence-corrected chi connectivity index (χ2v) is 3.70. The van der Waals surface area contributed by atoms with Gasteiger partial charge in [-0.25, -0.2) is 0 Å². The summed E-state index contributed by atoms with van der Waals surface area (Å²) in [5.74, 6) is 0.960. The average molecular weight is 222 g/mol. The Labute approximate surface area is 91.8 Å². The summed E-state index contributed by atoms with van der Waals surface area (Å²) in [6.07, 6.45) is 4.10. The van der Waals surface area contributed by atoms with E-state index in [1.165, 1.54) is 12.8 Å². The van der Waals surface area contributed by atoms with Gasteiger partial charge >= 0.3 is 5.97 Å². The molecule has 2 N–H and O–H groups in total. The third kappa shape index (κ3) is 3.84. The zero-order valence-corrected chi connectivity index (χ0v) is 9.52. The molecule has 2 unspecified atom stereocenters. The molecule has 1 rings (SSSR count). The van der Waals surface area contributed by atoms with Crippen molar-refractivity contribution in [3.05, 3.63) is 0 Å². The first-order valence-electron chi connectivity index (χ1n) is 5.13. The highest BCUT2D eigenvalue weighted by molar-refractivity contribution is 5.85. The van der Waals surface area contributed by atoms with E-state index in [0.29, 0.717) is 31.4 Å². The standard InChI is InChI=1S/C10H19NO2.ClH/c1-2-13-10(12)6-8-4-3-5-9(8)7-11;/h8-9H,2-7,11H2,1H3;1H. The molecule has 0 aromatic heterocycles. The molecule has 0 heterocycles. The second-order valence-electron chi connectivity index (χ2n) is 3.70. The van der Waals surface area contributed by atoms with Gasteiger partial charge in [0.15, 0.2) is 0 Å². The molecule has 2 atom stereocenters. The third-order valence-corrected chi connectivity index (χ3v) is 2.85. The summed E-state index contributed by atoms with van der Waals surface area (Å²) in [5.41, 5.74) is 5.62. The second kappa shape index (κ2) is 7.07. The van der Waals surface area contributed by atoms with E-state index in [-0.39, 0.29) is 18.4 Å². The monoisotopic (exact) mass is 221 g/mol. The van der Waals surface area contributed by atoms with Crippen LogP contribution in [0.5, 0.6) is 0 Å². The first kappa shape index (κ1) is 13.7. The molecule has 0 saturated heterocycles. The van der Waals surface area contributed by atoms with Gasteiger partial charge in [0.2, 0.25) is 0 Å². The summed E-state index contributed by atoms with van der Waals surface area (Å²) in [5, 5.41) is 0. The van der Waals surface area contributed by atoms with E-state index in [0.717, 1.165) is 6.42 Å². The van der Waals surface area contributed by atoms with Crippen molar-refractivity contribution in [3.63, 3.8) is 0 Å². The number of carbonyl (C=O) groups excluding carboxylic acids is 1.